The van der Waals surface area contributed by atoms with E-state index in [2.05, 4.69) is 26.6 Å². The van der Waals surface area contributed by atoms with Gasteiger partial charge in [0.1, 0.15) is 18.1 Å². The maximum absolute atomic E-state index is 13.5. The van der Waals surface area contributed by atoms with Gasteiger partial charge >= 0.3 is 23.9 Å². The van der Waals surface area contributed by atoms with Crippen LogP contribution in [-0.4, -0.2) is 88.2 Å². The molecule has 1 unspecified atom stereocenters. The van der Waals surface area contributed by atoms with E-state index >= 15 is 0 Å². The Bertz CT molecular complexity index is 1590. The van der Waals surface area contributed by atoms with E-state index in [1.165, 1.54) is 0 Å². The number of carbonyl (C=O) groups is 7. The van der Waals surface area contributed by atoms with Gasteiger partial charge in [0.25, 0.3) is 0 Å². The van der Waals surface area contributed by atoms with E-state index in [9.17, 15) is 43.8 Å². The highest BCUT2D eigenvalue weighted by molar-refractivity contribution is 5.89. The zero-order valence-corrected chi connectivity index (χ0v) is 30.4. The highest BCUT2D eigenvalue weighted by Crippen LogP contribution is 2.29. The lowest BCUT2D eigenvalue weighted by Crippen LogP contribution is -2.51. The van der Waals surface area contributed by atoms with Crippen molar-refractivity contribution in [2.45, 2.75) is 103 Å². The first kappa shape index (κ1) is 42.2. The number of carboxylic acids is 3. The third kappa shape index (κ3) is 15.1. The number of fused-ring (bicyclic) bond motifs is 1. The average Bonchev–Trinajstić information content (AvgIpc) is 3.11. The maximum atomic E-state index is 13.5. The van der Waals surface area contributed by atoms with E-state index in [0.29, 0.717) is 38.1 Å². The summed E-state index contributed by atoms with van der Waals surface area (Å²) in [7, 11) is 0. The van der Waals surface area contributed by atoms with Crippen molar-refractivity contribution in [2.75, 3.05) is 13.1 Å². The smallest absolute Gasteiger partial charge is 0.326 e. The lowest BCUT2D eigenvalue weighted by atomic mass is 9.81. The minimum atomic E-state index is -1.51. The summed E-state index contributed by atoms with van der Waals surface area (Å²) in [6.07, 6.45) is 3.35. The van der Waals surface area contributed by atoms with Crippen LogP contribution >= 0.6 is 0 Å². The molecule has 0 aromatic heterocycles. The molecule has 15 nitrogen and oxygen atoms in total. The normalized spacial score (nSPS) is 17.2. The van der Waals surface area contributed by atoms with Gasteiger partial charge in [-0.25, -0.2) is 14.4 Å². The monoisotopic (exact) mass is 739 g/mol. The molecular weight excluding hydrogens is 686 g/mol. The molecule has 0 bridgehead atoms. The van der Waals surface area contributed by atoms with Crippen molar-refractivity contribution >= 4 is 52.4 Å². The van der Waals surface area contributed by atoms with Gasteiger partial charge < -0.3 is 41.9 Å². The number of aliphatic carboxylic acids is 3. The predicted octanol–water partition coefficient (Wildman–Crippen LogP) is 3.19. The molecule has 3 atom stereocenters. The molecule has 15 heteroatoms. The molecule has 0 aliphatic heterocycles. The zero-order valence-electron chi connectivity index (χ0n) is 30.4. The van der Waals surface area contributed by atoms with Crippen molar-refractivity contribution in [3.63, 3.8) is 0 Å². The van der Waals surface area contributed by atoms with Gasteiger partial charge in [0.15, 0.2) is 0 Å². The highest BCUT2D eigenvalue weighted by atomic mass is 16.4. The molecule has 0 spiro atoms. The van der Waals surface area contributed by atoms with Crippen LogP contribution < -0.4 is 26.6 Å². The Morgan fingerprint density at radius 2 is 1.38 bits per heavy atom. The summed E-state index contributed by atoms with van der Waals surface area (Å²) >= 11 is 0. The number of urea groups is 1. The van der Waals surface area contributed by atoms with Crippen molar-refractivity contribution in [1.29, 1.82) is 0 Å². The van der Waals surface area contributed by atoms with Gasteiger partial charge in [-0.1, -0.05) is 56.3 Å². The van der Waals surface area contributed by atoms with Crippen LogP contribution in [0.2, 0.25) is 0 Å². The summed E-state index contributed by atoms with van der Waals surface area (Å²) in [5.41, 5.74) is 0.867. The standard InChI is InChI=1S/C38H53N5O10/c1-23(2)19-32(44)40-22-24-10-14-27(15-11-24)34(47)41-31(21-25-12-13-26-7-3-4-8-28(26)20-25)35(48)39-18-6-5-9-29(36(49)50)42-38(53)43-30(37(51)52)16-17-33(45)46/h3-4,7-8,12-13,20,23-24,27,29-31H,5-6,9-11,14-19,21-22H2,1-2H3,(H,39,48)(H,40,44)(H,41,47)(H,45,46)(H,49,50)(H,51,52)(H2,42,43,53)/t24?,27?,29-,30-,31?/m0/s1. The molecule has 8 N–H and O–H groups in total. The second kappa shape index (κ2) is 21.3. The molecule has 5 amide bonds. The van der Waals surface area contributed by atoms with Crippen LogP contribution in [0.3, 0.4) is 0 Å². The van der Waals surface area contributed by atoms with Crippen LogP contribution in [0.1, 0.15) is 83.6 Å². The van der Waals surface area contributed by atoms with E-state index in [1.807, 2.05) is 56.3 Å². The van der Waals surface area contributed by atoms with Crippen molar-refractivity contribution < 1.29 is 48.9 Å². The maximum Gasteiger partial charge on any atom is 0.326 e. The molecule has 0 radical (unpaired) electrons. The van der Waals surface area contributed by atoms with E-state index in [1.54, 1.807) is 0 Å². The Hall–Kier alpha value is -5.21. The first-order valence-electron chi connectivity index (χ1n) is 18.3. The summed E-state index contributed by atoms with van der Waals surface area (Å²) in [5.74, 6) is -4.28. The molecule has 1 aliphatic rings. The quantitative estimate of drug-likeness (QED) is 0.0870. The molecular formula is C38H53N5O10. The largest absolute Gasteiger partial charge is 0.481 e. The van der Waals surface area contributed by atoms with Crippen LogP contribution in [-0.2, 0) is 35.2 Å². The number of amides is 5. The highest BCUT2D eigenvalue weighted by Gasteiger charge is 2.30. The SMILES string of the molecule is CC(C)CC(=O)NCC1CCC(C(=O)NC(Cc2ccc3ccccc3c2)C(=O)NCCCC[C@H](NC(=O)N[C@@H](CCC(=O)O)C(=O)O)C(=O)O)CC1. The van der Waals surface area contributed by atoms with Gasteiger partial charge in [0.05, 0.1) is 0 Å². The van der Waals surface area contributed by atoms with Crippen LogP contribution in [0.4, 0.5) is 4.79 Å². The molecule has 290 valence electrons. The zero-order chi connectivity index (χ0) is 38.9. The number of carboxylic acid groups (broad SMARTS) is 3. The van der Waals surface area contributed by atoms with Gasteiger partial charge in [0, 0.05) is 38.3 Å². The Morgan fingerprint density at radius 1 is 0.736 bits per heavy atom. The van der Waals surface area contributed by atoms with Crippen molar-refractivity contribution in [3.8, 4) is 0 Å². The van der Waals surface area contributed by atoms with Gasteiger partial charge in [0.2, 0.25) is 17.7 Å². The average molecular weight is 740 g/mol. The number of hydrogen-bond donors (Lipinski definition) is 8. The van der Waals surface area contributed by atoms with Gasteiger partial charge in [-0.3, -0.25) is 19.2 Å². The van der Waals surface area contributed by atoms with Crippen molar-refractivity contribution in [2.24, 2.45) is 17.8 Å². The first-order chi connectivity index (χ1) is 25.2. The van der Waals surface area contributed by atoms with Crippen molar-refractivity contribution in [1.82, 2.24) is 26.6 Å². The Morgan fingerprint density at radius 3 is 2.00 bits per heavy atom. The fraction of sp³-hybridized carbons (Fsp3) is 0.553. The Balaban J connectivity index is 1.54. The minimum absolute atomic E-state index is 0.0210. The fourth-order valence-corrected chi connectivity index (χ4v) is 6.38. The number of unbranched alkanes of at least 4 members (excludes halogenated alkanes) is 1. The second-order valence-corrected chi connectivity index (χ2v) is 14.2. The number of carbonyl (C=O) groups excluding carboxylic acids is 4. The number of rotatable bonds is 21. The van der Waals surface area contributed by atoms with Crippen LogP contribution in [0, 0.1) is 17.8 Å². The van der Waals surface area contributed by atoms with Gasteiger partial charge in [-0.15, -0.1) is 0 Å². The fourth-order valence-electron chi connectivity index (χ4n) is 6.38. The van der Waals surface area contributed by atoms with Gasteiger partial charge in [-0.2, -0.15) is 0 Å². The van der Waals surface area contributed by atoms with Crippen LogP contribution in [0.15, 0.2) is 42.5 Å². The predicted molar refractivity (Wildman–Crippen MR) is 196 cm³/mol. The summed E-state index contributed by atoms with van der Waals surface area (Å²) in [4.78, 5) is 85.3. The third-order valence-corrected chi connectivity index (χ3v) is 9.36. The van der Waals surface area contributed by atoms with E-state index in [-0.39, 0.29) is 61.8 Å². The first-order valence-corrected chi connectivity index (χ1v) is 18.3. The minimum Gasteiger partial charge on any atom is -0.481 e. The van der Waals surface area contributed by atoms with E-state index in [0.717, 1.165) is 29.2 Å². The summed E-state index contributed by atoms with van der Waals surface area (Å²) in [6, 6.07) is 8.92. The molecule has 1 saturated carbocycles. The summed E-state index contributed by atoms with van der Waals surface area (Å²) in [6.45, 7) is 4.75. The van der Waals surface area contributed by atoms with Crippen LogP contribution in [0.5, 0.6) is 0 Å². The lowest BCUT2D eigenvalue weighted by Gasteiger charge is -2.29. The molecule has 2 aromatic rings. The summed E-state index contributed by atoms with van der Waals surface area (Å²) in [5, 5.41) is 42.8. The molecule has 1 aliphatic carbocycles. The molecule has 3 rings (SSSR count). The lowest BCUT2D eigenvalue weighted by molar-refractivity contribution is -0.141. The number of hydrogen-bond acceptors (Lipinski definition) is 7. The molecule has 0 saturated heterocycles. The van der Waals surface area contributed by atoms with Gasteiger partial charge in [-0.05, 0) is 79.5 Å². The summed E-state index contributed by atoms with van der Waals surface area (Å²) < 4.78 is 0. The Kier molecular flexibility index (Phi) is 17.0. The van der Waals surface area contributed by atoms with Crippen molar-refractivity contribution in [3.05, 3.63) is 48.0 Å². The number of nitrogens with one attached hydrogen (secondary N) is 5. The molecule has 1 fully saturated rings. The second-order valence-electron chi connectivity index (χ2n) is 14.2. The molecule has 53 heavy (non-hydrogen) atoms. The molecule has 2 aromatic carbocycles. The van der Waals surface area contributed by atoms with E-state index < -0.39 is 48.5 Å². The number of benzene rings is 2. The topological polar surface area (TPSA) is 240 Å². The Labute approximate surface area is 309 Å². The molecule has 0 heterocycles. The van der Waals surface area contributed by atoms with E-state index in [4.69, 9.17) is 5.11 Å². The van der Waals surface area contributed by atoms with Crippen LogP contribution in [0.25, 0.3) is 10.8 Å². The third-order valence-electron chi connectivity index (χ3n) is 9.36.